The highest BCUT2D eigenvalue weighted by Crippen LogP contribution is 2.28. The number of rotatable bonds is 3. The molecule has 1 saturated heterocycles. The van der Waals surface area contributed by atoms with Crippen LogP contribution < -0.4 is 10.2 Å². The van der Waals surface area contributed by atoms with Crippen LogP contribution in [0.15, 0.2) is 39.5 Å². The summed E-state index contributed by atoms with van der Waals surface area (Å²) in [5.74, 6) is 1.38. The van der Waals surface area contributed by atoms with Crippen LogP contribution in [0.3, 0.4) is 0 Å². The quantitative estimate of drug-likeness (QED) is 0.682. The molecular weight excluding hydrogens is 408 g/mol. The molecule has 0 radical (unpaired) electrons. The number of carbonyl (C=O) groups excluding carboxylic acids is 1. The molecule has 1 N–H and O–H groups in total. The van der Waals surface area contributed by atoms with E-state index in [4.69, 9.17) is 4.42 Å². The van der Waals surface area contributed by atoms with Crippen LogP contribution >= 0.6 is 15.9 Å². The molecule has 0 spiro atoms. The third-order valence-electron chi connectivity index (χ3n) is 4.98. The Morgan fingerprint density at radius 2 is 2.04 bits per heavy atom. The summed E-state index contributed by atoms with van der Waals surface area (Å²) in [4.78, 5) is 23.8. The summed E-state index contributed by atoms with van der Waals surface area (Å²) in [5.41, 5.74) is 3.51. The summed E-state index contributed by atoms with van der Waals surface area (Å²) in [5, 5.41) is 3.15. The van der Waals surface area contributed by atoms with Crippen LogP contribution in [0.2, 0.25) is 0 Å². The van der Waals surface area contributed by atoms with E-state index in [1.165, 1.54) is 0 Å². The molecule has 0 saturated carbocycles. The van der Waals surface area contributed by atoms with E-state index in [0.717, 1.165) is 52.9 Å². The van der Waals surface area contributed by atoms with Crippen LogP contribution in [0.4, 0.5) is 5.69 Å². The van der Waals surface area contributed by atoms with E-state index in [-0.39, 0.29) is 11.9 Å². The second-order valence-corrected chi connectivity index (χ2v) is 7.83. The van der Waals surface area contributed by atoms with E-state index in [9.17, 15) is 4.79 Å². The van der Waals surface area contributed by atoms with Gasteiger partial charge in [-0.25, -0.2) is 0 Å². The van der Waals surface area contributed by atoms with Gasteiger partial charge in [-0.3, -0.25) is 14.8 Å². The van der Waals surface area contributed by atoms with Gasteiger partial charge < -0.3 is 14.6 Å². The van der Waals surface area contributed by atoms with Crippen LogP contribution in [0, 0.1) is 13.8 Å². The number of amides is 1. The highest BCUT2D eigenvalue weighted by molar-refractivity contribution is 9.10. The zero-order valence-electron chi connectivity index (χ0n) is 15.3. The molecule has 0 aliphatic carbocycles. The van der Waals surface area contributed by atoms with Crippen LogP contribution in [0.25, 0.3) is 11.0 Å². The minimum absolute atomic E-state index is 0.0522. The first kappa shape index (κ1) is 18.0. The van der Waals surface area contributed by atoms with Crippen LogP contribution in [-0.4, -0.2) is 35.0 Å². The zero-order valence-corrected chi connectivity index (χ0v) is 16.9. The third-order valence-corrected chi connectivity index (χ3v) is 5.41. The van der Waals surface area contributed by atoms with E-state index >= 15 is 0 Å². The topological polar surface area (TPSA) is 71.3 Å². The number of piperidine rings is 1. The van der Waals surface area contributed by atoms with Gasteiger partial charge in [-0.1, -0.05) is 0 Å². The fraction of sp³-hybridized carbons (Fsp3) is 0.350. The van der Waals surface area contributed by atoms with Crippen molar-refractivity contribution in [1.82, 2.24) is 15.3 Å². The Kier molecular flexibility index (Phi) is 4.86. The number of pyridine rings is 2. The van der Waals surface area contributed by atoms with Gasteiger partial charge in [-0.05, 0) is 60.8 Å². The number of nitrogens with one attached hydrogen (secondary N) is 1. The highest BCUT2D eigenvalue weighted by Gasteiger charge is 2.24. The fourth-order valence-electron chi connectivity index (χ4n) is 3.63. The summed E-state index contributed by atoms with van der Waals surface area (Å²) in [6.45, 7) is 5.41. The van der Waals surface area contributed by atoms with Crippen molar-refractivity contribution in [3.63, 3.8) is 0 Å². The second kappa shape index (κ2) is 7.31. The Morgan fingerprint density at radius 3 is 2.74 bits per heavy atom. The van der Waals surface area contributed by atoms with Crippen LogP contribution in [-0.2, 0) is 0 Å². The number of aryl methyl sites for hydroxylation is 2. The lowest BCUT2D eigenvalue weighted by Crippen LogP contribution is -2.44. The van der Waals surface area contributed by atoms with Gasteiger partial charge in [0.2, 0.25) is 0 Å². The van der Waals surface area contributed by atoms with Crippen molar-refractivity contribution in [2.24, 2.45) is 0 Å². The van der Waals surface area contributed by atoms with Crippen molar-refractivity contribution in [3.05, 3.63) is 52.1 Å². The van der Waals surface area contributed by atoms with Gasteiger partial charge >= 0.3 is 0 Å². The van der Waals surface area contributed by atoms with Crippen molar-refractivity contribution < 1.29 is 9.21 Å². The van der Waals surface area contributed by atoms with Gasteiger partial charge in [0.15, 0.2) is 0 Å². The Labute approximate surface area is 166 Å². The lowest BCUT2D eigenvalue weighted by Gasteiger charge is -2.34. The summed E-state index contributed by atoms with van der Waals surface area (Å²) in [6.07, 6.45) is 5.41. The molecule has 0 unspecified atom stereocenters. The fourth-order valence-corrected chi connectivity index (χ4v) is 3.95. The van der Waals surface area contributed by atoms with Crippen molar-refractivity contribution >= 4 is 38.6 Å². The summed E-state index contributed by atoms with van der Waals surface area (Å²) in [7, 11) is 0. The van der Waals surface area contributed by atoms with Gasteiger partial charge in [-0.2, -0.15) is 0 Å². The molecule has 6 nitrogen and oxygen atoms in total. The summed E-state index contributed by atoms with van der Waals surface area (Å²) < 4.78 is 6.39. The SMILES string of the molecule is Cc1cc(C(=O)NC2CCN(c3ccnc4cc(Br)cnc34)CC2)c(C)o1. The smallest absolute Gasteiger partial charge is 0.255 e. The molecule has 3 aromatic rings. The zero-order chi connectivity index (χ0) is 19.0. The largest absolute Gasteiger partial charge is 0.466 e. The van der Waals surface area contributed by atoms with Crippen molar-refractivity contribution in [2.75, 3.05) is 18.0 Å². The molecule has 7 heteroatoms. The number of carbonyl (C=O) groups is 1. The Hall–Kier alpha value is -2.41. The highest BCUT2D eigenvalue weighted by atomic mass is 79.9. The first-order valence-corrected chi connectivity index (χ1v) is 9.83. The van der Waals surface area contributed by atoms with E-state index in [1.54, 1.807) is 12.3 Å². The molecule has 4 rings (SSSR count). The minimum Gasteiger partial charge on any atom is -0.466 e. The molecule has 4 heterocycles. The number of aromatic nitrogens is 2. The van der Waals surface area contributed by atoms with Crippen LogP contribution in [0.1, 0.15) is 34.7 Å². The molecule has 3 aromatic heterocycles. The monoisotopic (exact) mass is 428 g/mol. The Bertz CT molecular complexity index is 993. The van der Waals surface area contributed by atoms with Gasteiger partial charge in [-0.15, -0.1) is 0 Å². The number of hydrogen-bond acceptors (Lipinski definition) is 5. The van der Waals surface area contributed by atoms with Crippen molar-refractivity contribution in [2.45, 2.75) is 32.7 Å². The molecule has 1 fully saturated rings. The van der Waals surface area contributed by atoms with Gasteiger partial charge in [0.05, 0.1) is 16.8 Å². The third kappa shape index (κ3) is 3.69. The van der Waals surface area contributed by atoms with Crippen molar-refractivity contribution in [3.8, 4) is 0 Å². The predicted octanol–water partition coefficient (Wildman–Crippen LogP) is 4.00. The van der Waals surface area contributed by atoms with E-state index in [0.29, 0.717) is 11.3 Å². The standard InChI is InChI=1S/C20H21BrN4O2/c1-12-9-16(13(2)27-12)20(26)24-15-4-7-25(8-5-15)18-3-6-22-17-10-14(21)11-23-19(17)18/h3,6,9-11,15H,4-5,7-8H2,1-2H3,(H,24,26). The van der Waals surface area contributed by atoms with Crippen LogP contribution in [0.5, 0.6) is 0 Å². The normalized spacial score (nSPS) is 15.3. The molecule has 0 atom stereocenters. The van der Waals surface area contributed by atoms with E-state index in [2.05, 4.69) is 36.1 Å². The Balaban J connectivity index is 1.44. The lowest BCUT2D eigenvalue weighted by molar-refractivity contribution is 0.0929. The van der Waals surface area contributed by atoms with E-state index < -0.39 is 0 Å². The molecule has 0 bridgehead atoms. The molecular formula is C20H21BrN4O2. The minimum atomic E-state index is -0.0522. The molecule has 0 aromatic carbocycles. The summed E-state index contributed by atoms with van der Waals surface area (Å²) in [6, 6.07) is 5.96. The summed E-state index contributed by atoms with van der Waals surface area (Å²) >= 11 is 3.45. The number of halogens is 1. The molecule has 1 amide bonds. The Morgan fingerprint density at radius 1 is 1.26 bits per heavy atom. The number of nitrogens with zero attached hydrogens (tertiary/aromatic N) is 3. The number of fused-ring (bicyclic) bond motifs is 1. The predicted molar refractivity (Wildman–Crippen MR) is 108 cm³/mol. The first-order valence-electron chi connectivity index (χ1n) is 9.04. The number of anilines is 1. The average molecular weight is 429 g/mol. The van der Waals surface area contributed by atoms with Gasteiger partial charge in [0, 0.05) is 36.0 Å². The first-order chi connectivity index (χ1) is 13.0. The molecule has 27 heavy (non-hydrogen) atoms. The number of furan rings is 1. The lowest BCUT2D eigenvalue weighted by atomic mass is 10.0. The second-order valence-electron chi connectivity index (χ2n) is 6.91. The van der Waals surface area contributed by atoms with Gasteiger partial charge in [0.1, 0.15) is 17.0 Å². The average Bonchev–Trinajstić information content (AvgIpc) is 3.00. The maximum atomic E-state index is 12.5. The maximum absolute atomic E-state index is 12.5. The van der Waals surface area contributed by atoms with Gasteiger partial charge in [0.25, 0.3) is 5.91 Å². The van der Waals surface area contributed by atoms with E-state index in [1.807, 2.05) is 32.2 Å². The number of hydrogen-bond donors (Lipinski definition) is 1. The maximum Gasteiger partial charge on any atom is 0.255 e. The molecule has 140 valence electrons. The molecule has 1 aliphatic heterocycles. The van der Waals surface area contributed by atoms with Crippen molar-refractivity contribution in [1.29, 1.82) is 0 Å². The molecule has 1 aliphatic rings.